The molecule has 0 aliphatic rings. The summed E-state index contributed by atoms with van der Waals surface area (Å²) in [5.41, 5.74) is 0.629. The molecule has 0 heterocycles. The molecule has 7 nitrogen and oxygen atoms in total. The summed E-state index contributed by atoms with van der Waals surface area (Å²) in [7, 11) is 2.94. The predicted octanol–water partition coefficient (Wildman–Crippen LogP) is 3.94. The van der Waals surface area contributed by atoms with E-state index in [1.54, 1.807) is 24.3 Å². The number of halogens is 1. The number of hydrogen-bond acceptors (Lipinski definition) is 6. The topological polar surface area (TPSA) is 83.1 Å². The first-order chi connectivity index (χ1) is 13.5. The average Bonchev–Trinajstić information content (AvgIpc) is 2.70. The second-order valence-electron chi connectivity index (χ2n) is 5.66. The number of anilines is 1. The lowest BCUT2D eigenvalue weighted by atomic mass is 10.2. The first kappa shape index (κ1) is 21.4. The summed E-state index contributed by atoms with van der Waals surface area (Å²) < 4.78 is 21.0. The Morgan fingerprint density at radius 1 is 1.07 bits per heavy atom. The maximum absolute atomic E-state index is 12.3. The molecule has 2 rings (SSSR count). The third kappa shape index (κ3) is 5.53. The van der Waals surface area contributed by atoms with Crippen molar-refractivity contribution in [2.24, 2.45) is 0 Å². The van der Waals surface area contributed by atoms with E-state index in [4.69, 9.17) is 30.5 Å². The highest BCUT2D eigenvalue weighted by atomic mass is 35.5. The lowest BCUT2D eigenvalue weighted by Gasteiger charge is -2.13. The summed E-state index contributed by atoms with van der Waals surface area (Å²) in [6.45, 7) is 1.95. The molecule has 1 N–H and O–H groups in total. The van der Waals surface area contributed by atoms with Crippen LogP contribution >= 0.6 is 11.6 Å². The number of carbonyl (C=O) groups excluding carboxylic acids is 2. The summed E-state index contributed by atoms with van der Waals surface area (Å²) in [6.07, 6.45) is 0.796. The molecule has 0 saturated carbocycles. The van der Waals surface area contributed by atoms with Crippen LogP contribution in [0.4, 0.5) is 5.69 Å². The minimum Gasteiger partial charge on any atom is -0.495 e. The number of amides is 1. The Balaban J connectivity index is 2.02. The average molecular weight is 408 g/mol. The van der Waals surface area contributed by atoms with E-state index < -0.39 is 18.5 Å². The van der Waals surface area contributed by atoms with E-state index in [2.05, 4.69) is 5.32 Å². The molecule has 0 spiro atoms. The minimum atomic E-state index is -0.711. The van der Waals surface area contributed by atoms with Crippen molar-refractivity contribution in [1.82, 2.24) is 0 Å². The molecule has 1 amide bonds. The fraction of sp³-hybridized carbons (Fsp3) is 0.300. The molecular weight excluding hydrogens is 386 g/mol. The Hall–Kier alpha value is -2.93. The summed E-state index contributed by atoms with van der Waals surface area (Å²) >= 11 is 6.19. The van der Waals surface area contributed by atoms with Gasteiger partial charge in [0.1, 0.15) is 5.75 Å². The standard InChI is InChI=1S/C20H22ClNO6/c1-4-9-27-19-14(21)10-13(11-17(19)26-3)20(24)28-12-18(23)22-15-7-5-6-8-16(15)25-2/h5-8,10-11H,4,9,12H2,1-3H3,(H,22,23). The van der Waals surface area contributed by atoms with E-state index in [1.807, 2.05) is 6.92 Å². The summed E-state index contributed by atoms with van der Waals surface area (Å²) in [5.74, 6) is -0.0413. The maximum Gasteiger partial charge on any atom is 0.338 e. The van der Waals surface area contributed by atoms with Gasteiger partial charge in [-0.15, -0.1) is 0 Å². The zero-order chi connectivity index (χ0) is 20.5. The van der Waals surface area contributed by atoms with Gasteiger partial charge in [-0.3, -0.25) is 4.79 Å². The van der Waals surface area contributed by atoms with Gasteiger partial charge in [0.2, 0.25) is 0 Å². The number of carbonyl (C=O) groups is 2. The lowest BCUT2D eigenvalue weighted by Crippen LogP contribution is -2.21. The normalized spacial score (nSPS) is 10.1. The van der Waals surface area contributed by atoms with Gasteiger partial charge >= 0.3 is 5.97 Å². The van der Waals surface area contributed by atoms with Crippen molar-refractivity contribution < 1.29 is 28.5 Å². The molecule has 2 aromatic carbocycles. The lowest BCUT2D eigenvalue weighted by molar-refractivity contribution is -0.119. The third-order valence-electron chi connectivity index (χ3n) is 3.63. The molecular formula is C20H22ClNO6. The highest BCUT2D eigenvalue weighted by Crippen LogP contribution is 2.36. The van der Waals surface area contributed by atoms with Gasteiger partial charge in [-0.1, -0.05) is 30.7 Å². The number of esters is 1. The fourth-order valence-electron chi connectivity index (χ4n) is 2.33. The van der Waals surface area contributed by atoms with Gasteiger partial charge in [-0.25, -0.2) is 4.79 Å². The molecule has 0 bridgehead atoms. The molecule has 0 unspecified atom stereocenters. The fourth-order valence-corrected chi connectivity index (χ4v) is 2.60. The van der Waals surface area contributed by atoms with E-state index in [0.29, 0.717) is 29.5 Å². The molecule has 0 aromatic heterocycles. The molecule has 0 radical (unpaired) electrons. The Morgan fingerprint density at radius 2 is 1.79 bits per heavy atom. The van der Waals surface area contributed by atoms with Gasteiger partial charge in [0, 0.05) is 0 Å². The van der Waals surface area contributed by atoms with Crippen molar-refractivity contribution in [1.29, 1.82) is 0 Å². The number of nitrogens with one attached hydrogen (secondary N) is 1. The molecule has 8 heteroatoms. The predicted molar refractivity (Wildman–Crippen MR) is 106 cm³/mol. The quantitative estimate of drug-likeness (QED) is 0.634. The van der Waals surface area contributed by atoms with E-state index in [0.717, 1.165) is 6.42 Å². The number of hydrogen-bond donors (Lipinski definition) is 1. The van der Waals surface area contributed by atoms with Crippen LogP contribution in [0.1, 0.15) is 23.7 Å². The summed E-state index contributed by atoms with van der Waals surface area (Å²) in [4.78, 5) is 24.4. The highest BCUT2D eigenvalue weighted by molar-refractivity contribution is 6.32. The Morgan fingerprint density at radius 3 is 2.46 bits per heavy atom. The van der Waals surface area contributed by atoms with Crippen LogP contribution in [0.3, 0.4) is 0 Å². The van der Waals surface area contributed by atoms with Crippen molar-refractivity contribution in [3.05, 3.63) is 47.0 Å². The van der Waals surface area contributed by atoms with E-state index in [1.165, 1.54) is 26.4 Å². The maximum atomic E-state index is 12.3. The molecule has 0 atom stereocenters. The van der Waals surface area contributed by atoms with Crippen LogP contribution < -0.4 is 19.5 Å². The number of methoxy groups -OCH3 is 2. The number of para-hydroxylation sites is 2. The van der Waals surface area contributed by atoms with Gasteiger partial charge < -0.3 is 24.3 Å². The summed E-state index contributed by atoms with van der Waals surface area (Å²) in [5, 5.41) is 2.84. The van der Waals surface area contributed by atoms with Gasteiger partial charge in [0.15, 0.2) is 18.1 Å². The van der Waals surface area contributed by atoms with Crippen molar-refractivity contribution in [2.75, 3.05) is 32.8 Å². The van der Waals surface area contributed by atoms with Crippen LogP contribution in [0, 0.1) is 0 Å². The van der Waals surface area contributed by atoms with Gasteiger partial charge in [0.05, 0.1) is 37.1 Å². The van der Waals surface area contributed by atoms with Crippen molar-refractivity contribution >= 4 is 29.2 Å². The smallest absolute Gasteiger partial charge is 0.338 e. The van der Waals surface area contributed by atoms with Gasteiger partial charge in [0.25, 0.3) is 5.91 Å². The molecule has 0 fully saturated rings. The van der Waals surface area contributed by atoms with Crippen LogP contribution in [0.2, 0.25) is 5.02 Å². The third-order valence-corrected chi connectivity index (χ3v) is 3.91. The highest BCUT2D eigenvalue weighted by Gasteiger charge is 2.18. The van der Waals surface area contributed by atoms with Crippen LogP contribution in [0.15, 0.2) is 36.4 Å². The largest absolute Gasteiger partial charge is 0.495 e. The minimum absolute atomic E-state index is 0.149. The first-order valence-electron chi connectivity index (χ1n) is 8.60. The van der Waals surface area contributed by atoms with Crippen molar-refractivity contribution in [3.63, 3.8) is 0 Å². The Labute approximate surface area is 168 Å². The Bertz CT molecular complexity index is 839. The first-order valence-corrected chi connectivity index (χ1v) is 8.98. The van der Waals surface area contributed by atoms with E-state index in [9.17, 15) is 9.59 Å². The molecule has 2 aromatic rings. The van der Waals surface area contributed by atoms with Gasteiger partial charge in [-0.05, 0) is 30.7 Å². The number of benzene rings is 2. The van der Waals surface area contributed by atoms with Gasteiger partial charge in [-0.2, -0.15) is 0 Å². The van der Waals surface area contributed by atoms with E-state index >= 15 is 0 Å². The van der Waals surface area contributed by atoms with Crippen LogP contribution in [0.25, 0.3) is 0 Å². The second-order valence-corrected chi connectivity index (χ2v) is 6.07. The molecule has 0 saturated heterocycles. The summed E-state index contributed by atoms with van der Waals surface area (Å²) in [6, 6.07) is 9.78. The Kier molecular flexibility index (Phi) is 7.95. The van der Waals surface area contributed by atoms with Crippen LogP contribution in [-0.4, -0.2) is 39.3 Å². The second kappa shape index (κ2) is 10.4. The molecule has 28 heavy (non-hydrogen) atoms. The number of ether oxygens (including phenoxy) is 4. The molecule has 0 aliphatic heterocycles. The van der Waals surface area contributed by atoms with Crippen LogP contribution in [0.5, 0.6) is 17.2 Å². The van der Waals surface area contributed by atoms with Crippen molar-refractivity contribution in [2.45, 2.75) is 13.3 Å². The monoisotopic (exact) mass is 407 g/mol. The SMILES string of the molecule is CCCOc1c(Cl)cc(C(=O)OCC(=O)Nc2ccccc2OC)cc1OC. The van der Waals surface area contributed by atoms with Crippen molar-refractivity contribution in [3.8, 4) is 17.2 Å². The zero-order valence-corrected chi connectivity index (χ0v) is 16.7. The number of rotatable bonds is 9. The van der Waals surface area contributed by atoms with E-state index in [-0.39, 0.29) is 10.6 Å². The zero-order valence-electron chi connectivity index (χ0n) is 15.9. The molecule has 0 aliphatic carbocycles. The van der Waals surface area contributed by atoms with Crippen LogP contribution in [-0.2, 0) is 9.53 Å². The molecule has 150 valence electrons.